The maximum atomic E-state index is 9.14. The Balaban J connectivity index is 2.88. The summed E-state index contributed by atoms with van der Waals surface area (Å²) >= 11 is 4.95. The molecule has 0 aliphatic carbocycles. The van der Waals surface area contributed by atoms with Gasteiger partial charge in [-0.25, -0.2) is 0 Å². The molecule has 0 atom stereocenters. The van der Waals surface area contributed by atoms with Crippen molar-refractivity contribution in [2.24, 2.45) is 0 Å². The molecule has 0 fully saturated rings. The Bertz CT molecular complexity index is 452. The van der Waals surface area contributed by atoms with E-state index in [1.807, 2.05) is 18.2 Å². The second kappa shape index (κ2) is 3.29. The topological polar surface area (TPSA) is 46.2 Å². The van der Waals surface area contributed by atoms with Gasteiger partial charge in [0.25, 0.3) is 0 Å². The van der Waals surface area contributed by atoms with E-state index in [1.165, 1.54) is 11.3 Å². The minimum absolute atomic E-state index is 0.00551. The zero-order valence-corrected chi connectivity index (χ0v) is 9.15. The van der Waals surface area contributed by atoms with E-state index in [9.17, 15) is 0 Å². The lowest BCUT2D eigenvalue weighted by Crippen LogP contribution is -1.88. The normalized spacial score (nSPS) is 10.9. The molecule has 0 bridgehead atoms. The van der Waals surface area contributed by atoms with Crippen LogP contribution in [-0.2, 0) is 6.61 Å². The highest BCUT2D eigenvalue weighted by Crippen LogP contribution is 2.37. The third-order valence-corrected chi connectivity index (χ3v) is 3.64. The SMILES string of the molecule is Nc1sc2cccc(Br)c2c1CO. The summed E-state index contributed by atoms with van der Waals surface area (Å²) in [6, 6.07) is 5.91. The number of nitrogens with two attached hydrogens (primary N) is 1. The maximum absolute atomic E-state index is 9.14. The van der Waals surface area contributed by atoms with Gasteiger partial charge in [0.15, 0.2) is 0 Å². The molecule has 2 nitrogen and oxygen atoms in total. The van der Waals surface area contributed by atoms with Crippen LogP contribution in [0.1, 0.15) is 5.56 Å². The van der Waals surface area contributed by atoms with E-state index in [-0.39, 0.29) is 6.61 Å². The van der Waals surface area contributed by atoms with Crippen LogP contribution in [-0.4, -0.2) is 5.11 Å². The average Bonchev–Trinajstić information content (AvgIpc) is 2.42. The van der Waals surface area contributed by atoms with Gasteiger partial charge in [0.1, 0.15) is 0 Å². The first-order valence-electron chi connectivity index (χ1n) is 3.80. The molecule has 0 spiro atoms. The van der Waals surface area contributed by atoms with Crippen molar-refractivity contribution < 1.29 is 5.11 Å². The molecule has 0 saturated carbocycles. The monoisotopic (exact) mass is 257 g/mol. The molecule has 0 saturated heterocycles. The molecule has 4 heteroatoms. The van der Waals surface area contributed by atoms with Crippen molar-refractivity contribution in [1.82, 2.24) is 0 Å². The van der Waals surface area contributed by atoms with Gasteiger partial charge in [-0.2, -0.15) is 0 Å². The highest BCUT2D eigenvalue weighted by Gasteiger charge is 2.10. The smallest absolute Gasteiger partial charge is 0.0925 e. The van der Waals surface area contributed by atoms with Crippen LogP contribution in [0.5, 0.6) is 0 Å². The molecule has 1 aromatic carbocycles. The van der Waals surface area contributed by atoms with E-state index >= 15 is 0 Å². The van der Waals surface area contributed by atoms with Crippen molar-refractivity contribution in [3.63, 3.8) is 0 Å². The molecule has 0 aliphatic heterocycles. The molecule has 1 heterocycles. The van der Waals surface area contributed by atoms with E-state index < -0.39 is 0 Å². The Morgan fingerprint density at radius 1 is 1.46 bits per heavy atom. The van der Waals surface area contributed by atoms with Crippen molar-refractivity contribution in [3.8, 4) is 0 Å². The number of hydrogen-bond donors (Lipinski definition) is 2. The summed E-state index contributed by atoms with van der Waals surface area (Å²) < 4.78 is 2.10. The van der Waals surface area contributed by atoms with Gasteiger partial charge >= 0.3 is 0 Å². The first kappa shape index (κ1) is 8.99. The predicted octanol–water partition coefficient (Wildman–Crippen LogP) is 2.74. The summed E-state index contributed by atoms with van der Waals surface area (Å²) in [4.78, 5) is 0. The number of hydrogen-bond acceptors (Lipinski definition) is 3. The molecule has 1 aromatic heterocycles. The van der Waals surface area contributed by atoms with Crippen LogP contribution >= 0.6 is 27.3 Å². The van der Waals surface area contributed by atoms with Crippen LogP contribution in [0.15, 0.2) is 22.7 Å². The molecule has 0 unspecified atom stereocenters. The minimum atomic E-state index is -0.00551. The van der Waals surface area contributed by atoms with Crippen molar-refractivity contribution in [2.75, 3.05) is 5.73 Å². The highest BCUT2D eigenvalue weighted by molar-refractivity contribution is 9.10. The molecule has 13 heavy (non-hydrogen) atoms. The standard InChI is InChI=1S/C9H8BrNOS/c10-6-2-1-3-7-8(6)5(4-12)9(11)13-7/h1-3,12H,4,11H2. The van der Waals surface area contributed by atoms with E-state index in [0.717, 1.165) is 20.1 Å². The lowest BCUT2D eigenvalue weighted by atomic mass is 10.2. The number of thiophene rings is 1. The Kier molecular flexibility index (Phi) is 2.27. The van der Waals surface area contributed by atoms with Crippen LogP contribution in [0.3, 0.4) is 0 Å². The minimum Gasteiger partial charge on any atom is -0.392 e. The summed E-state index contributed by atoms with van der Waals surface area (Å²) in [7, 11) is 0. The predicted molar refractivity (Wildman–Crippen MR) is 59.9 cm³/mol. The molecular formula is C9H8BrNOS. The van der Waals surface area contributed by atoms with E-state index in [4.69, 9.17) is 10.8 Å². The van der Waals surface area contributed by atoms with E-state index in [1.54, 1.807) is 0 Å². The van der Waals surface area contributed by atoms with Crippen molar-refractivity contribution in [3.05, 3.63) is 28.2 Å². The van der Waals surface area contributed by atoms with E-state index in [0.29, 0.717) is 5.00 Å². The molecular weight excluding hydrogens is 250 g/mol. The number of anilines is 1. The Labute approximate surface area is 88.1 Å². The number of halogens is 1. The third-order valence-electron chi connectivity index (χ3n) is 1.95. The number of fused-ring (bicyclic) bond motifs is 1. The van der Waals surface area contributed by atoms with Crippen molar-refractivity contribution >= 4 is 42.4 Å². The fourth-order valence-electron chi connectivity index (χ4n) is 1.34. The van der Waals surface area contributed by atoms with Gasteiger partial charge in [0.05, 0.1) is 11.6 Å². The first-order valence-corrected chi connectivity index (χ1v) is 5.41. The van der Waals surface area contributed by atoms with Gasteiger partial charge in [0, 0.05) is 20.1 Å². The zero-order chi connectivity index (χ0) is 9.42. The van der Waals surface area contributed by atoms with Gasteiger partial charge in [-0.05, 0) is 12.1 Å². The summed E-state index contributed by atoms with van der Waals surface area (Å²) in [6.45, 7) is -0.00551. The van der Waals surface area contributed by atoms with Gasteiger partial charge < -0.3 is 10.8 Å². The van der Waals surface area contributed by atoms with Crippen LogP contribution in [0.2, 0.25) is 0 Å². The molecule has 2 rings (SSSR count). The molecule has 68 valence electrons. The summed E-state index contributed by atoms with van der Waals surface area (Å²) in [5.74, 6) is 0. The fraction of sp³-hybridized carbons (Fsp3) is 0.111. The quantitative estimate of drug-likeness (QED) is 0.826. The van der Waals surface area contributed by atoms with Crippen LogP contribution < -0.4 is 5.73 Å². The highest BCUT2D eigenvalue weighted by atomic mass is 79.9. The molecule has 3 N–H and O–H groups in total. The maximum Gasteiger partial charge on any atom is 0.0925 e. The number of aliphatic hydroxyl groups excluding tert-OH is 1. The van der Waals surface area contributed by atoms with Crippen LogP contribution in [0.25, 0.3) is 10.1 Å². The molecule has 2 aromatic rings. The van der Waals surface area contributed by atoms with Gasteiger partial charge in [-0.15, -0.1) is 11.3 Å². The lowest BCUT2D eigenvalue weighted by molar-refractivity contribution is 0.284. The number of aliphatic hydroxyl groups is 1. The van der Waals surface area contributed by atoms with Crippen molar-refractivity contribution in [2.45, 2.75) is 6.61 Å². The largest absolute Gasteiger partial charge is 0.392 e. The fourth-order valence-corrected chi connectivity index (χ4v) is 3.09. The van der Waals surface area contributed by atoms with Crippen molar-refractivity contribution in [1.29, 1.82) is 0 Å². The third kappa shape index (κ3) is 1.35. The van der Waals surface area contributed by atoms with E-state index in [2.05, 4.69) is 15.9 Å². The Morgan fingerprint density at radius 2 is 2.23 bits per heavy atom. The van der Waals surface area contributed by atoms with Crippen LogP contribution in [0.4, 0.5) is 5.00 Å². The summed E-state index contributed by atoms with van der Waals surface area (Å²) in [5, 5.41) is 10.9. The van der Waals surface area contributed by atoms with Gasteiger partial charge in [0.2, 0.25) is 0 Å². The van der Waals surface area contributed by atoms with Gasteiger partial charge in [-0.3, -0.25) is 0 Å². The second-order valence-corrected chi connectivity index (χ2v) is 4.65. The molecule has 0 radical (unpaired) electrons. The number of rotatable bonds is 1. The second-order valence-electron chi connectivity index (χ2n) is 2.72. The first-order chi connectivity index (χ1) is 6.24. The lowest BCUT2D eigenvalue weighted by Gasteiger charge is -1.97. The van der Waals surface area contributed by atoms with Gasteiger partial charge in [-0.1, -0.05) is 22.0 Å². The summed E-state index contributed by atoms with van der Waals surface area (Å²) in [5.41, 5.74) is 6.60. The summed E-state index contributed by atoms with van der Waals surface area (Å²) in [6.07, 6.45) is 0. The van der Waals surface area contributed by atoms with Crippen LogP contribution in [0, 0.1) is 0 Å². The molecule has 0 aliphatic rings. The Morgan fingerprint density at radius 3 is 2.92 bits per heavy atom. The zero-order valence-electron chi connectivity index (χ0n) is 6.75. The number of benzene rings is 1. The average molecular weight is 258 g/mol. The Hall–Kier alpha value is -0.580. The molecule has 0 amide bonds. The number of nitrogen functional groups attached to an aromatic ring is 1.